The van der Waals surface area contributed by atoms with Crippen molar-refractivity contribution in [3.8, 4) is 0 Å². The molecule has 1 aliphatic rings. The molecule has 120 valence electrons. The predicted octanol–water partition coefficient (Wildman–Crippen LogP) is 4.65. The third kappa shape index (κ3) is 5.59. The summed E-state index contributed by atoms with van der Waals surface area (Å²) in [6.45, 7) is 10.3. The van der Waals surface area contributed by atoms with Crippen LogP contribution in [0.3, 0.4) is 0 Å². The predicted molar refractivity (Wildman–Crippen MR) is 94.3 cm³/mol. The maximum Gasteiger partial charge on any atom is 0.0894 e. The maximum atomic E-state index is 10.4. The highest BCUT2D eigenvalue weighted by molar-refractivity contribution is 8.01. The third-order valence-electron chi connectivity index (χ3n) is 4.04. The highest BCUT2D eigenvalue weighted by Gasteiger charge is 2.22. The van der Waals surface area contributed by atoms with E-state index in [1.54, 1.807) is 11.3 Å². The smallest absolute Gasteiger partial charge is 0.0894 e. The van der Waals surface area contributed by atoms with Gasteiger partial charge in [-0.05, 0) is 49.0 Å². The number of rotatable bonds is 7. The molecule has 2 nitrogen and oxygen atoms in total. The Morgan fingerprint density at radius 1 is 1.33 bits per heavy atom. The fourth-order valence-electron chi connectivity index (χ4n) is 3.22. The van der Waals surface area contributed by atoms with Crippen LogP contribution in [0.15, 0.2) is 16.3 Å². The minimum atomic E-state index is -0.293. The van der Waals surface area contributed by atoms with E-state index in [0.717, 1.165) is 29.7 Å². The van der Waals surface area contributed by atoms with Crippen molar-refractivity contribution in [2.24, 2.45) is 11.8 Å². The molecule has 3 atom stereocenters. The number of thiophene rings is 1. The molecule has 1 fully saturated rings. The summed E-state index contributed by atoms with van der Waals surface area (Å²) >= 11 is 3.67. The van der Waals surface area contributed by atoms with Gasteiger partial charge in [-0.1, -0.05) is 20.8 Å². The summed E-state index contributed by atoms with van der Waals surface area (Å²) in [7, 11) is 0. The lowest BCUT2D eigenvalue weighted by atomic mass is 9.92. The molecule has 3 unspecified atom stereocenters. The lowest BCUT2D eigenvalue weighted by Crippen LogP contribution is -2.39. The number of likely N-dealkylation sites (tertiary alicyclic amines) is 1. The highest BCUT2D eigenvalue weighted by Crippen LogP contribution is 2.32. The van der Waals surface area contributed by atoms with Gasteiger partial charge in [0.2, 0.25) is 0 Å². The molecule has 2 heterocycles. The van der Waals surface area contributed by atoms with E-state index in [1.165, 1.54) is 35.9 Å². The molecule has 0 spiro atoms. The Hall–Kier alpha value is -0.0300. The van der Waals surface area contributed by atoms with Crippen LogP contribution in [0.25, 0.3) is 0 Å². The van der Waals surface area contributed by atoms with Crippen LogP contribution < -0.4 is 0 Å². The van der Waals surface area contributed by atoms with E-state index in [4.69, 9.17) is 0 Å². The van der Waals surface area contributed by atoms with Gasteiger partial charge in [-0.25, -0.2) is 0 Å². The molecule has 0 bridgehead atoms. The van der Waals surface area contributed by atoms with Gasteiger partial charge >= 0.3 is 0 Å². The van der Waals surface area contributed by atoms with Crippen molar-refractivity contribution in [3.05, 3.63) is 17.0 Å². The molecule has 0 radical (unpaired) electrons. The Kier molecular flexibility index (Phi) is 7.06. The van der Waals surface area contributed by atoms with E-state index >= 15 is 0 Å². The zero-order valence-corrected chi connectivity index (χ0v) is 15.2. The molecule has 1 N–H and O–H groups in total. The summed E-state index contributed by atoms with van der Waals surface area (Å²) < 4.78 is 1.34. The van der Waals surface area contributed by atoms with Gasteiger partial charge in [0.25, 0.3) is 0 Å². The van der Waals surface area contributed by atoms with E-state index in [2.05, 4.69) is 37.8 Å². The Labute approximate surface area is 137 Å². The number of hydrogen-bond acceptors (Lipinski definition) is 4. The van der Waals surface area contributed by atoms with Crippen molar-refractivity contribution in [3.63, 3.8) is 0 Å². The molecule has 1 saturated heterocycles. The first-order valence-corrected chi connectivity index (χ1v) is 10.0. The molecule has 4 heteroatoms. The molecule has 1 aromatic heterocycles. The summed E-state index contributed by atoms with van der Waals surface area (Å²) in [6, 6.07) is 4.27. The van der Waals surface area contributed by atoms with Gasteiger partial charge in [-0.2, -0.15) is 0 Å². The van der Waals surface area contributed by atoms with Gasteiger partial charge in [0.05, 0.1) is 10.3 Å². The van der Waals surface area contributed by atoms with Gasteiger partial charge in [-0.3, -0.25) is 0 Å². The SMILES string of the molecule is CCCSc1ccc(C(O)CCN2CC(C)CC(C)C2)s1. The summed E-state index contributed by atoms with van der Waals surface area (Å²) in [5.74, 6) is 2.76. The quantitative estimate of drug-likeness (QED) is 0.737. The molecule has 0 saturated carbocycles. The molecule has 0 aromatic carbocycles. The van der Waals surface area contributed by atoms with Gasteiger partial charge in [0, 0.05) is 24.5 Å². The fourth-order valence-corrected chi connectivity index (χ4v) is 5.32. The second-order valence-electron chi connectivity index (χ2n) is 6.52. The summed E-state index contributed by atoms with van der Waals surface area (Å²) in [4.78, 5) is 3.66. The van der Waals surface area contributed by atoms with Crippen LogP contribution >= 0.6 is 23.1 Å². The molecule has 21 heavy (non-hydrogen) atoms. The number of piperidine rings is 1. The van der Waals surface area contributed by atoms with Gasteiger partial charge in [-0.15, -0.1) is 23.1 Å². The van der Waals surface area contributed by atoms with Crippen molar-refractivity contribution in [1.29, 1.82) is 0 Å². The summed E-state index contributed by atoms with van der Waals surface area (Å²) in [5.41, 5.74) is 0. The zero-order chi connectivity index (χ0) is 15.2. The third-order valence-corrected chi connectivity index (χ3v) is 6.66. The number of aliphatic hydroxyl groups excluding tert-OH is 1. The second kappa shape index (κ2) is 8.56. The van der Waals surface area contributed by atoms with Gasteiger partial charge in [0.15, 0.2) is 0 Å². The first-order valence-electron chi connectivity index (χ1n) is 8.21. The molecular formula is C17H29NOS2. The van der Waals surface area contributed by atoms with Crippen LogP contribution in [0, 0.1) is 11.8 Å². The van der Waals surface area contributed by atoms with E-state index in [-0.39, 0.29) is 6.10 Å². The Balaban J connectivity index is 1.78. The van der Waals surface area contributed by atoms with Crippen LogP contribution in [-0.2, 0) is 0 Å². The van der Waals surface area contributed by atoms with Crippen LogP contribution in [0.1, 0.15) is 51.0 Å². The average Bonchev–Trinajstić information content (AvgIpc) is 2.90. The fraction of sp³-hybridized carbons (Fsp3) is 0.765. The van der Waals surface area contributed by atoms with Crippen molar-refractivity contribution in [1.82, 2.24) is 4.90 Å². The molecule has 2 rings (SSSR count). The van der Waals surface area contributed by atoms with Gasteiger partial charge in [0.1, 0.15) is 0 Å². The van der Waals surface area contributed by atoms with E-state index in [1.807, 2.05) is 11.8 Å². The lowest BCUT2D eigenvalue weighted by molar-refractivity contribution is 0.104. The second-order valence-corrected chi connectivity index (χ2v) is 9.03. The van der Waals surface area contributed by atoms with Crippen LogP contribution in [0.4, 0.5) is 0 Å². The van der Waals surface area contributed by atoms with Crippen LogP contribution in [0.5, 0.6) is 0 Å². The average molecular weight is 328 g/mol. The summed E-state index contributed by atoms with van der Waals surface area (Å²) in [5, 5.41) is 10.4. The largest absolute Gasteiger partial charge is 0.388 e. The number of thioether (sulfide) groups is 1. The molecule has 1 aromatic rings. The van der Waals surface area contributed by atoms with Crippen molar-refractivity contribution < 1.29 is 5.11 Å². The first-order chi connectivity index (χ1) is 10.1. The Morgan fingerprint density at radius 3 is 2.71 bits per heavy atom. The number of hydrogen-bond donors (Lipinski definition) is 1. The first kappa shape index (κ1) is 17.3. The number of aliphatic hydroxyl groups is 1. The minimum absolute atomic E-state index is 0.293. The maximum absolute atomic E-state index is 10.4. The molecular weight excluding hydrogens is 298 g/mol. The van der Waals surface area contributed by atoms with E-state index < -0.39 is 0 Å². The minimum Gasteiger partial charge on any atom is -0.388 e. The highest BCUT2D eigenvalue weighted by atomic mass is 32.2. The van der Waals surface area contributed by atoms with Crippen LogP contribution in [-0.4, -0.2) is 35.4 Å². The van der Waals surface area contributed by atoms with Gasteiger partial charge < -0.3 is 10.0 Å². The molecule has 0 aliphatic carbocycles. The van der Waals surface area contributed by atoms with Crippen molar-refractivity contribution in [2.45, 2.75) is 50.3 Å². The number of nitrogens with zero attached hydrogens (tertiary/aromatic N) is 1. The van der Waals surface area contributed by atoms with E-state index in [0.29, 0.717) is 0 Å². The van der Waals surface area contributed by atoms with Crippen LogP contribution in [0.2, 0.25) is 0 Å². The molecule has 1 aliphatic heterocycles. The van der Waals surface area contributed by atoms with Crippen molar-refractivity contribution in [2.75, 3.05) is 25.4 Å². The standard InChI is InChI=1S/C17H29NOS2/c1-4-9-20-17-6-5-16(21-17)15(19)7-8-18-11-13(2)10-14(3)12-18/h5-6,13-15,19H,4,7-12H2,1-3H3. The normalized spacial score (nSPS) is 25.1. The van der Waals surface area contributed by atoms with Crippen molar-refractivity contribution >= 4 is 23.1 Å². The Morgan fingerprint density at radius 2 is 2.05 bits per heavy atom. The zero-order valence-electron chi connectivity index (χ0n) is 13.5. The summed E-state index contributed by atoms with van der Waals surface area (Å²) in [6.07, 6.45) is 3.12. The monoisotopic (exact) mass is 327 g/mol. The molecule has 0 amide bonds. The van der Waals surface area contributed by atoms with E-state index in [9.17, 15) is 5.11 Å². The Bertz CT molecular complexity index is 411. The topological polar surface area (TPSA) is 23.5 Å². The lowest BCUT2D eigenvalue weighted by Gasteiger charge is -2.35.